The van der Waals surface area contributed by atoms with Gasteiger partial charge in [-0.05, 0) is 0 Å². The Morgan fingerprint density at radius 1 is 1.13 bits per heavy atom. The van der Waals surface area contributed by atoms with E-state index in [0.717, 1.165) is 30.1 Å². The van der Waals surface area contributed by atoms with Crippen molar-refractivity contribution in [3.05, 3.63) is 47.8 Å². The molecule has 1 aromatic heterocycles. The van der Waals surface area contributed by atoms with Crippen molar-refractivity contribution in [1.82, 2.24) is 15.0 Å². The van der Waals surface area contributed by atoms with Gasteiger partial charge in [-0.25, -0.2) is 4.68 Å². The van der Waals surface area contributed by atoms with E-state index in [4.69, 9.17) is 0 Å². The number of aliphatic imine (C=N–C) groups is 1. The first kappa shape index (κ1) is 8.35. The molecule has 3 rings (SSSR count). The Kier molecular flexibility index (Phi) is 1.84. The summed E-state index contributed by atoms with van der Waals surface area (Å²) in [5, 5.41) is 7.93. The van der Waals surface area contributed by atoms with Gasteiger partial charge < -0.3 is 0 Å². The summed E-state index contributed by atoms with van der Waals surface area (Å²) in [7, 11) is 0. The largest absolute Gasteiger partial charge is 0.280 e. The molecule has 0 spiro atoms. The zero-order chi connectivity index (χ0) is 10.1. The van der Waals surface area contributed by atoms with Gasteiger partial charge in [0.25, 0.3) is 0 Å². The molecule has 0 saturated heterocycles. The van der Waals surface area contributed by atoms with Gasteiger partial charge >= 0.3 is 0 Å². The Morgan fingerprint density at radius 3 is 2.87 bits per heavy atom. The van der Waals surface area contributed by atoms with Crippen molar-refractivity contribution in [2.75, 3.05) is 6.54 Å². The summed E-state index contributed by atoms with van der Waals surface area (Å²) < 4.78 is 1.90. The minimum atomic E-state index is 0.778. The highest BCUT2D eigenvalue weighted by Gasteiger charge is 2.16. The first-order valence-electron chi connectivity index (χ1n) is 4.94. The van der Waals surface area contributed by atoms with Crippen LogP contribution in [-0.2, 0) is 6.54 Å². The number of aromatic nitrogens is 3. The average molecular weight is 198 g/mol. The van der Waals surface area contributed by atoms with Gasteiger partial charge in [0.1, 0.15) is 5.69 Å². The first-order chi connectivity index (χ1) is 7.45. The summed E-state index contributed by atoms with van der Waals surface area (Å²) in [5.74, 6) is 0. The molecule has 0 unspecified atom stereocenters. The Hall–Kier alpha value is -1.97. The monoisotopic (exact) mass is 198 g/mol. The lowest BCUT2D eigenvalue weighted by molar-refractivity contribution is 0.584. The highest BCUT2D eigenvalue weighted by molar-refractivity contribution is 6.11. The van der Waals surface area contributed by atoms with Gasteiger partial charge in [-0.3, -0.25) is 4.99 Å². The molecule has 1 aromatic carbocycles. The molecule has 0 aliphatic carbocycles. The van der Waals surface area contributed by atoms with Crippen LogP contribution in [0.4, 0.5) is 0 Å². The van der Waals surface area contributed by atoms with E-state index >= 15 is 0 Å². The van der Waals surface area contributed by atoms with E-state index in [2.05, 4.69) is 27.4 Å². The van der Waals surface area contributed by atoms with Crippen LogP contribution in [0.1, 0.15) is 11.3 Å². The van der Waals surface area contributed by atoms with Crippen molar-refractivity contribution in [1.29, 1.82) is 0 Å². The van der Waals surface area contributed by atoms with Crippen LogP contribution < -0.4 is 0 Å². The van der Waals surface area contributed by atoms with Crippen LogP contribution >= 0.6 is 0 Å². The SMILES string of the molecule is c1ccc(C2=NCCn3nncc32)cc1. The minimum absolute atomic E-state index is 0.778. The molecule has 1 aliphatic rings. The molecule has 2 aromatic rings. The third-order valence-corrected chi connectivity index (χ3v) is 2.49. The van der Waals surface area contributed by atoms with E-state index < -0.39 is 0 Å². The lowest BCUT2D eigenvalue weighted by Crippen LogP contribution is -2.19. The third kappa shape index (κ3) is 1.34. The molecule has 74 valence electrons. The maximum absolute atomic E-state index is 4.53. The van der Waals surface area contributed by atoms with Gasteiger partial charge in [0, 0.05) is 5.56 Å². The molecule has 0 fully saturated rings. The second-order valence-corrected chi connectivity index (χ2v) is 3.44. The van der Waals surface area contributed by atoms with Crippen LogP contribution in [0.5, 0.6) is 0 Å². The molecule has 4 nitrogen and oxygen atoms in total. The third-order valence-electron chi connectivity index (χ3n) is 2.49. The maximum atomic E-state index is 4.53. The van der Waals surface area contributed by atoms with Crippen LogP contribution in [0.2, 0.25) is 0 Å². The molecule has 1 aliphatic heterocycles. The molecule has 2 heterocycles. The number of fused-ring (bicyclic) bond motifs is 1. The molecule has 0 radical (unpaired) electrons. The van der Waals surface area contributed by atoms with Crippen LogP contribution in [0.3, 0.4) is 0 Å². The van der Waals surface area contributed by atoms with Crippen LogP contribution in [-0.4, -0.2) is 27.3 Å². The number of benzene rings is 1. The Labute approximate surface area is 87.3 Å². The number of rotatable bonds is 1. The highest BCUT2D eigenvalue weighted by atomic mass is 15.4. The predicted molar refractivity (Wildman–Crippen MR) is 57.0 cm³/mol. The molecule has 0 atom stereocenters. The topological polar surface area (TPSA) is 43.1 Å². The fourth-order valence-electron chi connectivity index (χ4n) is 1.78. The number of hydrogen-bond donors (Lipinski definition) is 0. The summed E-state index contributed by atoms with van der Waals surface area (Å²) in [6, 6.07) is 10.1. The van der Waals surface area contributed by atoms with Crippen molar-refractivity contribution in [3.63, 3.8) is 0 Å². The number of hydrogen-bond acceptors (Lipinski definition) is 3. The van der Waals surface area contributed by atoms with Gasteiger partial charge in [-0.15, -0.1) is 5.10 Å². The van der Waals surface area contributed by atoms with E-state index in [1.54, 1.807) is 6.20 Å². The lowest BCUT2D eigenvalue weighted by atomic mass is 10.1. The molecule has 4 heteroatoms. The maximum Gasteiger partial charge on any atom is 0.107 e. The van der Waals surface area contributed by atoms with E-state index in [-0.39, 0.29) is 0 Å². The van der Waals surface area contributed by atoms with E-state index in [1.807, 2.05) is 22.9 Å². The summed E-state index contributed by atoms with van der Waals surface area (Å²) >= 11 is 0. The summed E-state index contributed by atoms with van der Waals surface area (Å²) in [6.07, 6.45) is 1.77. The summed E-state index contributed by atoms with van der Waals surface area (Å²) in [6.45, 7) is 1.60. The molecule has 0 amide bonds. The second kappa shape index (κ2) is 3.31. The van der Waals surface area contributed by atoms with Gasteiger partial charge in [0.15, 0.2) is 0 Å². The van der Waals surface area contributed by atoms with Crippen molar-refractivity contribution in [3.8, 4) is 0 Å². The second-order valence-electron chi connectivity index (χ2n) is 3.44. The molecule has 0 N–H and O–H groups in total. The quantitative estimate of drug-likeness (QED) is 0.689. The fourth-order valence-corrected chi connectivity index (χ4v) is 1.78. The molecule has 15 heavy (non-hydrogen) atoms. The van der Waals surface area contributed by atoms with Crippen molar-refractivity contribution < 1.29 is 0 Å². The highest BCUT2D eigenvalue weighted by Crippen LogP contribution is 2.12. The van der Waals surface area contributed by atoms with Crippen molar-refractivity contribution >= 4 is 5.71 Å². The Bertz CT molecular complexity index is 498. The Balaban J connectivity index is 2.12. The van der Waals surface area contributed by atoms with Crippen molar-refractivity contribution in [2.45, 2.75) is 6.54 Å². The van der Waals surface area contributed by atoms with Crippen LogP contribution in [0.25, 0.3) is 0 Å². The average Bonchev–Trinajstić information content (AvgIpc) is 2.78. The van der Waals surface area contributed by atoms with Gasteiger partial charge in [-0.1, -0.05) is 35.5 Å². The Morgan fingerprint density at radius 2 is 2.00 bits per heavy atom. The zero-order valence-corrected chi connectivity index (χ0v) is 8.17. The van der Waals surface area contributed by atoms with E-state index in [0.29, 0.717) is 0 Å². The van der Waals surface area contributed by atoms with E-state index in [9.17, 15) is 0 Å². The van der Waals surface area contributed by atoms with Crippen molar-refractivity contribution in [2.24, 2.45) is 4.99 Å². The van der Waals surface area contributed by atoms with Gasteiger partial charge in [-0.2, -0.15) is 0 Å². The van der Waals surface area contributed by atoms with Crippen LogP contribution in [0.15, 0.2) is 41.5 Å². The summed E-state index contributed by atoms with van der Waals surface area (Å²) in [4.78, 5) is 4.53. The molecule has 0 bridgehead atoms. The smallest absolute Gasteiger partial charge is 0.107 e. The lowest BCUT2D eigenvalue weighted by Gasteiger charge is -2.13. The molecular weight excluding hydrogens is 188 g/mol. The first-order valence-corrected chi connectivity index (χ1v) is 4.94. The number of nitrogens with zero attached hydrogens (tertiary/aromatic N) is 4. The van der Waals surface area contributed by atoms with E-state index in [1.165, 1.54) is 0 Å². The fraction of sp³-hybridized carbons (Fsp3) is 0.182. The standard InChI is InChI=1S/C11H10N4/c1-2-4-9(5-3-1)11-10-8-13-14-15(10)7-6-12-11/h1-5,8H,6-7H2. The van der Waals surface area contributed by atoms with Gasteiger partial charge in [0.05, 0.1) is 25.0 Å². The predicted octanol–water partition coefficient (Wildman–Crippen LogP) is 1.13. The molecular formula is C11H10N4. The summed E-state index contributed by atoms with van der Waals surface area (Å²) in [5.41, 5.74) is 3.13. The molecule has 0 saturated carbocycles. The minimum Gasteiger partial charge on any atom is -0.280 e. The van der Waals surface area contributed by atoms with Gasteiger partial charge in [0.2, 0.25) is 0 Å². The zero-order valence-electron chi connectivity index (χ0n) is 8.17. The van der Waals surface area contributed by atoms with Crippen LogP contribution in [0, 0.1) is 0 Å². The normalized spacial score (nSPS) is 14.5.